The van der Waals surface area contributed by atoms with Crippen LogP contribution >= 0.6 is 0 Å². The molecule has 1 aromatic heterocycles. The van der Waals surface area contributed by atoms with E-state index in [0.717, 1.165) is 18.8 Å². The van der Waals surface area contributed by atoms with Crippen molar-refractivity contribution in [3.05, 3.63) is 18.2 Å². The van der Waals surface area contributed by atoms with Crippen LogP contribution in [-0.2, 0) is 22.6 Å². The van der Waals surface area contributed by atoms with Crippen LogP contribution in [0.1, 0.15) is 32.5 Å². The number of hydrogen-bond donors (Lipinski definition) is 1. The molecule has 5 nitrogen and oxygen atoms in total. The van der Waals surface area contributed by atoms with E-state index in [9.17, 15) is 4.79 Å². The number of nitrogens with one attached hydrogen (secondary N) is 1. The molecule has 0 atom stereocenters. The summed E-state index contributed by atoms with van der Waals surface area (Å²) in [5.74, 6) is 0.854. The highest BCUT2D eigenvalue weighted by Crippen LogP contribution is 1.98. The van der Waals surface area contributed by atoms with Crippen LogP contribution in [0.25, 0.3) is 0 Å². The van der Waals surface area contributed by atoms with E-state index in [1.54, 1.807) is 6.20 Å². The Morgan fingerprint density at radius 3 is 3.06 bits per heavy atom. The van der Waals surface area contributed by atoms with Crippen molar-refractivity contribution in [2.75, 3.05) is 13.2 Å². The van der Waals surface area contributed by atoms with Gasteiger partial charge in [0.2, 0.25) is 0 Å². The molecular weight excluding hydrogens is 218 g/mol. The molecule has 96 valence electrons. The lowest BCUT2D eigenvalue weighted by Gasteiger charge is -2.07. The molecule has 0 amide bonds. The summed E-state index contributed by atoms with van der Waals surface area (Å²) in [6, 6.07) is 0. The third kappa shape index (κ3) is 4.99. The fourth-order valence-electron chi connectivity index (χ4n) is 1.58. The molecule has 1 N–H and O–H groups in total. The third-order valence-corrected chi connectivity index (χ3v) is 2.36. The number of ether oxygens (including phenoxy) is 1. The standard InChI is InChI=1S/C12H21N3O2/c1-3-8-15-9-7-14-11(15)10-13-6-5-12(16)17-4-2/h7,9,13H,3-6,8,10H2,1-2H3. The van der Waals surface area contributed by atoms with E-state index in [1.807, 2.05) is 13.1 Å². The van der Waals surface area contributed by atoms with Crippen molar-refractivity contribution in [1.82, 2.24) is 14.9 Å². The SMILES string of the molecule is CCCn1ccnc1CNCCC(=O)OCC. The second-order valence-corrected chi connectivity index (χ2v) is 3.77. The van der Waals surface area contributed by atoms with E-state index in [1.165, 1.54) is 0 Å². The summed E-state index contributed by atoms with van der Waals surface area (Å²) >= 11 is 0. The zero-order valence-electron chi connectivity index (χ0n) is 10.6. The molecule has 17 heavy (non-hydrogen) atoms. The minimum Gasteiger partial charge on any atom is -0.466 e. The van der Waals surface area contributed by atoms with Crippen LogP contribution in [0.3, 0.4) is 0 Å². The second-order valence-electron chi connectivity index (χ2n) is 3.77. The maximum Gasteiger partial charge on any atom is 0.307 e. The number of esters is 1. The minimum absolute atomic E-state index is 0.156. The van der Waals surface area contributed by atoms with Gasteiger partial charge in [-0.25, -0.2) is 4.98 Å². The van der Waals surface area contributed by atoms with E-state index >= 15 is 0 Å². The summed E-state index contributed by atoms with van der Waals surface area (Å²) in [5, 5.41) is 3.19. The molecule has 0 aliphatic rings. The summed E-state index contributed by atoms with van der Waals surface area (Å²) in [5.41, 5.74) is 0. The molecule has 0 aromatic carbocycles. The molecule has 0 spiro atoms. The minimum atomic E-state index is -0.156. The van der Waals surface area contributed by atoms with Gasteiger partial charge in [0.05, 0.1) is 19.6 Å². The molecule has 0 bridgehead atoms. The van der Waals surface area contributed by atoms with Gasteiger partial charge in [-0.15, -0.1) is 0 Å². The molecule has 0 fully saturated rings. The molecule has 0 aliphatic carbocycles. The van der Waals surface area contributed by atoms with Gasteiger partial charge in [-0.3, -0.25) is 4.79 Å². The molecule has 0 aliphatic heterocycles. The first-order valence-corrected chi connectivity index (χ1v) is 6.14. The normalized spacial score (nSPS) is 10.5. The van der Waals surface area contributed by atoms with Crippen molar-refractivity contribution in [2.24, 2.45) is 0 Å². The Balaban J connectivity index is 2.21. The molecule has 1 aromatic rings. The lowest BCUT2D eigenvalue weighted by atomic mass is 10.4. The van der Waals surface area contributed by atoms with Crippen molar-refractivity contribution >= 4 is 5.97 Å². The Kier molecular flexibility index (Phi) is 6.32. The van der Waals surface area contributed by atoms with E-state index < -0.39 is 0 Å². The fraction of sp³-hybridized carbons (Fsp3) is 0.667. The van der Waals surface area contributed by atoms with Gasteiger partial charge in [0.1, 0.15) is 5.82 Å². The Labute approximate surface area is 102 Å². The molecule has 0 unspecified atom stereocenters. The molecule has 0 saturated carbocycles. The summed E-state index contributed by atoms with van der Waals surface area (Å²) in [7, 11) is 0. The first-order valence-electron chi connectivity index (χ1n) is 6.14. The highest BCUT2D eigenvalue weighted by Gasteiger charge is 2.03. The Bertz CT molecular complexity index is 336. The highest BCUT2D eigenvalue weighted by molar-refractivity contribution is 5.69. The monoisotopic (exact) mass is 239 g/mol. The molecule has 5 heteroatoms. The molecule has 1 rings (SSSR count). The van der Waals surface area contributed by atoms with Crippen molar-refractivity contribution in [2.45, 2.75) is 39.8 Å². The average Bonchev–Trinajstić information content (AvgIpc) is 2.73. The maximum absolute atomic E-state index is 11.1. The smallest absolute Gasteiger partial charge is 0.307 e. The van der Waals surface area contributed by atoms with Crippen molar-refractivity contribution in [3.8, 4) is 0 Å². The summed E-state index contributed by atoms with van der Waals surface area (Å²) in [4.78, 5) is 15.4. The predicted octanol–water partition coefficient (Wildman–Crippen LogP) is 1.34. The van der Waals surface area contributed by atoms with Gasteiger partial charge in [-0.05, 0) is 13.3 Å². The van der Waals surface area contributed by atoms with Crippen molar-refractivity contribution < 1.29 is 9.53 Å². The topological polar surface area (TPSA) is 56.2 Å². The van der Waals surface area contributed by atoms with E-state index in [-0.39, 0.29) is 5.97 Å². The zero-order valence-corrected chi connectivity index (χ0v) is 10.6. The predicted molar refractivity (Wildman–Crippen MR) is 65.5 cm³/mol. The number of rotatable bonds is 8. The molecule has 1 heterocycles. The lowest BCUT2D eigenvalue weighted by molar-refractivity contribution is -0.142. The number of carbonyl (C=O) groups excluding carboxylic acids is 1. The zero-order chi connectivity index (χ0) is 12.5. The van der Waals surface area contributed by atoms with E-state index in [0.29, 0.717) is 26.1 Å². The van der Waals surface area contributed by atoms with Crippen LogP contribution in [0, 0.1) is 0 Å². The van der Waals surface area contributed by atoms with Crippen LogP contribution in [0.15, 0.2) is 12.4 Å². The highest BCUT2D eigenvalue weighted by atomic mass is 16.5. The van der Waals surface area contributed by atoms with Crippen molar-refractivity contribution in [1.29, 1.82) is 0 Å². The van der Waals surface area contributed by atoms with E-state index in [2.05, 4.69) is 21.8 Å². The van der Waals surface area contributed by atoms with Gasteiger partial charge in [0.15, 0.2) is 0 Å². The van der Waals surface area contributed by atoms with Gasteiger partial charge in [-0.2, -0.15) is 0 Å². The first kappa shape index (κ1) is 13.7. The average molecular weight is 239 g/mol. The summed E-state index contributed by atoms with van der Waals surface area (Å²) in [6.45, 7) is 6.68. The maximum atomic E-state index is 11.1. The van der Waals surface area contributed by atoms with Crippen LogP contribution in [0.4, 0.5) is 0 Å². The molecular formula is C12H21N3O2. The third-order valence-electron chi connectivity index (χ3n) is 2.36. The number of aromatic nitrogens is 2. The van der Waals surface area contributed by atoms with Gasteiger partial charge >= 0.3 is 5.97 Å². The van der Waals surface area contributed by atoms with Gasteiger partial charge < -0.3 is 14.6 Å². The molecule has 0 saturated heterocycles. The lowest BCUT2D eigenvalue weighted by Crippen LogP contribution is -2.21. The fourth-order valence-corrected chi connectivity index (χ4v) is 1.58. The molecule has 0 radical (unpaired) electrons. The summed E-state index contributed by atoms with van der Waals surface area (Å²) in [6.07, 6.45) is 5.28. The second kappa shape index (κ2) is 7.84. The Morgan fingerprint density at radius 1 is 1.53 bits per heavy atom. The van der Waals surface area contributed by atoms with Crippen LogP contribution in [0.2, 0.25) is 0 Å². The Morgan fingerprint density at radius 2 is 2.35 bits per heavy atom. The summed E-state index contributed by atoms with van der Waals surface area (Å²) < 4.78 is 6.96. The van der Waals surface area contributed by atoms with Crippen LogP contribution in [0.5, 0.6) is 0 Å². The number of imidazole rings is 1. The van der Waals surface area contributed by atoms with Crippen LogP contribution in [-0.4, -0.2) is 28.7 Å². The quantitative estimate of drug-likeness (QED) is 0.549. The number of hydrogen-bond acceptors (Lipinski definition) is 4. The number of carbonyl (C=O) groups is 1. The van der Waals surface area contributed by atoms with Gasteiger partial charge in [-0.1, -0.05) is 6.92 Å². The van der Waals surface area contributed by atoms with Gasteiger partial charge in [0.25, 0.3) is 0 Å². The first-order chi connectivity index (χ1) is 8.27. The van der Waals surface area contributed by atoms with E-state index in [4.69, 9.17) is 4.74 Å². The number of nitrogens with zero attached hydrogens (tertiary/aromatic N) is 2. The Hall–Kier alpha value is -1.36. The van der Waals surface area contributed by atoms with Crippen LogP contribution < -0.4 is 5.32 Å². The van der Waals surface area contributed by atoms with Crippen molar-refractivity contribution in [3.63, 3.8) is 0 Å². The van der Waals surface area contributed by atoms with Gasteiger partial charge in [0, 0.05) is 25.5 Å². The number of aryl methyl sites for hydroxylation is 1. The largest absolute Gasteiger partial charge is 0.466 e.